The van der Waals surface area contributed by atoms with Gasteiger partial charge in [-0.3, -0.25) is 9.69 Å². The SMILES string of the molecule is C[C@H]1CN(C2CC2)CCN1c1nc(-c2c(O)cccc2F)c(Cl)c2c1C(=O)N1CCN(C(=O)O)C[C@@H]1CO2. The van der Waals surface area contributed by atoms with E-state index in [1.807, 2.05) is 4.90 Å². The van der Waals surface area contributed by atoms with E-state index in [-0.39, 0.29) is 71.5 Å². The Kier molecular flexibility index (Phi) is 6.22. The van der Waals surface area contributed by atoms with Crippen molar-refractivity contribution in [1.29, 1.82) is 0 Å². The van der Waals surface area contributed by atoms with Gasteiger partial charge in [0, 0.05) is 51.4 Å². The van der Waals surface area contributed by atoms with Crippen molar-refractivity contribution in [1.82, 2.24) is 19.7 Å². The van der Waals surface area contributed by atoms with E-state index in [9.17, 15) is 19.8 Å². The number of aromatic hydroxyl groups is 1. The molecule has 1 saturated carbocycles. The molecule has 1 aromatic carbocycles. The number of carbonyl (C=O) groups excluding carboxylic acids is 1. The lowest BCUT2D eigenvalue weighted by atomic mass is 10.0. The lowest BCUT2D eigenvalue weighted by molar-refractivity contribution is 0.0390. The van der Waals surface area contributed by atoms with Crippen LogP contribution in [0.2, 0.25) is 5.02 Å². The second kappa shape index (κ2) is 9.46. The second-order valence-electron chi connectivity index (χ2n) is 10.4. The molecule has 4 heterocycles. The molecule has 10 nitrogen and oxygen atoms in total. The first-order chi connectivity index (χ1) is 18.2. The van der Waals surface area contributed by atoms with E-state index in [1.54, 1.807) is 4.90 Å². The van der Waals surface area contributed by atoms with Gasteiger partial charge in [0.25, 0.3) is 5.91 Å². The fourth-order valence-corrected chi connectivity index (χ4v) is 6.10. The Hall–Kier alpha value is -3.31. The summed E-state index contributed by atoms with van der Waals surface area (Å²) >= 11 is 6.77. The van der Waals surface area contributed by atoms with E-state index in [0.29, 0.717) is 18.4 Å². The highest BCUT2D eigenvalue weighted by Gasteiger charge is 2.43. The Balaban J connectivity index is 1.48. The number of carboxylic acid groups (broad SMARTS) is 1. The van der Waals surface area contributed by atoms with E-state index in [1.165, 1.54) is 35.9 Å². The number of hydrogen-bond acceptors (Lipinski definition) is 7. The number of hydrogen-bond donors (Lipinski definition) is 2. The van der Waals surface area contributed by atoms with Gasteiger partial charge >= 0.3 is 6.09 Å². The van der Waals surface area contributed by atoms with E-state index in [0.717, 1.165) is 13.1 Å². The molecule has 0 bridgehead atoms. The summed E-state index contributed by atoms with van der Waals surface area (Å²) in [5.41, 5.74) is 0.0149. The monoisotopic (exact) mass is 545 g/mol. The highest BCUT2D eigenvalue weighted by Crippen LogP contribution is 2.46. The molecule has 12 heteroatoms. The minimum atomic E-state index is -1.06. The number of ether oxygens (including phenoxy) is 1. The van der Waals surface area contributed by atoms with Crippen molar-refractivity contribution in [3.63, 3.8) is 0 Å². The third-order valence-electron chi connectivity index (χ3n) is 7.95. The van der Waals surface area contributed by atoms with Crippen LogP contribution in [0.3, 0.4) is 0 Å². The summed E-state index contributed by atoms with van der Waals surface area (Å²) in [6.45, 7) is 4.75. The summed E-state index contributed by atoms with van der Waals surface area (Å²) in [5.74, 6) is -0.973. The van der Waals surface area contributed by atoms with Crippen LogP contribution in [0.5, 0.6) is 11.5 Å². The first kappa shape index (κ1) is 25.0. The van der Waals surface area contributed by atoms with Crippen molar-refractivity contribution >= 4 is 29.4 Å². The number of phenolic OH excluding ortho intramolecular Hbond substituents is 1. The average molecular weight is 546 g/mol. The molecule has 4 aliphatic rings. The summed E-state index contributed by atoms with van der Waals surface area (Å²) < 4.78 is 21.1. The summed E-state index contributed by atoms with van der Waals surface area (Å²) in [6, 6.07) is 4.03. The van der Waals surface area contributed by atoms with Gasteiger partial charge in [-0.25, -0.2) is 14.2 Å². The van der Waals surface area contributed by atoms with Crippen molar-refractivity contribution in [3.8, 4) is 22.8 Å². The maximum Gasteiger partial charge on any atom is 0.407 e. The lowest BCUT2D eigenvalue weighted by Gasteiger charge is -2.42. The number of aromatic nitrogens is 1. The molecule has 202 valence electrons. The molecule has 38 heavy (non-hydrogen) atoms. The molecule has 2 N–H and O–H groups in total. The van der Waals surface area contributed by atoms with Crippen LogP contribution in [-0.2, 0) is 0 Å². The number of pyridine rings is 1. The van der Waals surface area contributed by atoms with Crippen LogP contribution in [0.25, 0.3) is 11.3 Å². The van der Waals surface area contributed by atoms with Gasteiger partial charge in [0.1, 0.15) is 40.3 Å². The smallest absolute Gasteiger partial charge is 0.407 e. The van der Waals surface area contributed by atoms with Gasteiger partial charge in [-0.2, -0.15) is 0 Å². The Labute approximate surface area is 224 Å². The molecule has 6 rings (SSSR count). The number of piperazine rings is 2. The van der Waals surface area contributed by atoms with E-state index in [4.69, 9.17) is 21.3 Å². The van der Waals surface area contributed by atoms with E-state index >= 15 is 4.39 Å². The molecule has 2 amide bonds. The Morgan fingerprint density at radius 1 is 1.11 bits per heavy atom. The number of benzene rings is 1. The van der Waals surface area contributed by atoms with E-state index < -0.39 is 18.0 Å². The number of nitrogens with zero attached hydrogens (tertiary/aromatic N) is 5. The minimum Gasteiger partial charge on any atom is -0.507 e. The number of halogens is 2. The zero-order valence-corrected chi connectivity index (χ0v) is 21.7. The summed E-state index contributed by atoms with van der Waals surface area (Å²) in [7, 11) is 0. The van der Waals surface area contributed by atoms with Crippen LogP contribution in [0.15, 0.2) is 18.2 Å². The number of fused-ring (bicyclic) bond motifs is 2. The van der Waals surface area contributed by atoms with Crippen molar-refractivity contribution in [2.24, 2.45) is 0 Å². The van der Waals surface area contributed by atoms with Gasteiger partial charge in [-0.1, -0.05) is 17.7 Å². The normalized spacial score (nSPS) is 24.0. The van der Waals surface area contributed by atoms with Crippen LogP contribution in [0.1, 0.15) is 30.1 Å². The zero-order valence-electron chi connectivity index (χ0n) is 20.9. The standard InChI is InChI=1S/C26H29ClFN5O5/c1-14-11-30(15-5-6-15)7-9-32(14)24-20-23(21(27)22(29-24)19-17(28)3-2-4-18(19)34)38-13-16-12-31(26(36)37)8-10-33(16)25(20)35/h2-4,14-16,34H,5-13H2,1H3,(H,36,37)/t14-,16+/m0/s1. The molecule has 2 atom stereocenters. The molecule has 3 fully saturated rings. The number of amides is 2. The highest BCUT2D eigenvalue weighted by atomic mass is 35.5. The third-order valence-corrected chi connectivity index (χ3v) is 8.30. The van der Waals surface area contributed by atoms with Crippen LogP contribution >= 0.6 is 11.6 Å². The molecule has 2 saturated heterocycles. The van der Waals surface area contributed by atoms with Gasteiger partial charge in [0.05, 0.1) is 11.6 Å². The molecule has 0 unspecified atom stereocenters. The van der Waals surface area contributed by atoms with Crippen molar-refractivity contribution < 1.29 is 28.9 Å². The molecule has 1 aromatic heterocycles. The summed E-state index contributed by atoms with van der Waals surface area (Å²) in [6.07, 6.45) is 1.32. The maximum absolute atomic E-state index is 15.0. The van der Waals surface area contributed by atoms with Crippen LogP contribution < -0.4 is 9.64 Å². The van der Waals surface area contributed by atoms with Gasteiger partial charge in [0.2, 0.25) is 0 Å². The Morgan fingerprint density at radius 3 is 2.55 bits per heavy atom. The van der Waals surface area contributed by atoms with Crippen molar-refractivity contribution in [3.05, 3.63) is 34.6 Å². The first-order valence-corrected chi connectivity index (χ1v) is 13.3. The Morgan fingerprint density at radius 2 is 1.87 bits per heavy atom. The first-order valence-electron chi connectivity index (χ1n) is 12.9. The molecule has 2 aromatic rings. The van der Waals surface area contributed by atoms with Crippen LogP contribution in [-0.4, -0.2) is 106 Å². The number of carbonyl (C=O) groups is 2. The number of phenols is 1. The summed E-state index contributed by atoms with van der Waals surface area (Å²) in [5, 5.41) is 20.0. The fourth-order valence-electron chi connectivity index (χ4n) is 5.81. The van der Waals surface area contributed by atoms with Gasteiger partial charge < -0.3 is 29.6 Å². The fraction of sp³-hybridized carbons (Fsp3) is 0.500. The van der Waals surface area contributed by atoms with Gasteiger partial charge in [0.15, 0.2) is 5.75 Å². The maximum atomic E-state index is 15.0. The Bertz CT molecular complexity index is 1290. The van der Waals surface area contributed by atoms with Crippen molar-refractivity contribution in [2.75, 3.05) is 50.8 Å². The van der Waals surface area contributed by atoms with Gasteiger partial charge in [-0.15, -0.1) is 0 Å². The van der Waals surface area contributed by atoms with Crippen LogP contribution in [0, 0.1) is 5.82 Å². The van der Waals surface area contributed by atoms with Crippen molar-refractivity contribution in [2.45, 2.75) is 37.9 Å². The topological polar surface area (TPSA) is 110 Å². The number of rotatable bonds is 3. The minimum absolute atomic E-state index is 0.0000921. The average Bonchev–Trinajstić information content (AvgIpc) is 3.74. The van der Waals surface area contributed by atoms with Crippen LogP contribution in [0.4, 0.5) is 15.0 Å². The molecule has 0 radical (unpaired) electrons. The molecule has 0 spiro atoms. The molecular formula is C26H29ClFN5O5. The third kappa shape index (κ3) is 4.17. The lowest BCUT2D eigenvalue weighted by Crippen LogP contribution is -2.57. The number of anilines is 1. The van der Waals surface area contributed by atoms with Gasteiger partial charge in [-0.05, 0) is 31.9 Å². The molecular weight excluding hydrogens is 517 g/mol. The predicted octanol–water partition coefficient (Wildman–Crippen LogP) is 3.12. The predicted molar refractivity (Wildman–Crippen MR) is 138 cm³/mol. The second-order valence-corrected chi connectivity index (χ2v) is 10.8. The van der Waals surface area contributed by atoms with E-state index in [2.05, 4.69) is 11.8 Å². The quantitative estimate of drug-likeness (QED) is 0.605. The zero-order chi connectivity index (χ0) is 26.7. The molecule has 1 aliphatic carbocycles. The highest BCUT2D eigenvalue weighted by molar-refractivity contribution is 6.35. The largest absolute Gasteiger partial charge is 0.507 e. The molecule has 3 aliphatic heterocycles. The summed E-state index contributed by atoms with van der Waals surface area (Å²) in [4.78, 5) is 37.8.